The van der Waals surface area contributed by atoms with Gasteiger partial charge in [0.05, 0.1) is 29.0 Å². The van der Waals surface area contributed by atoms with Gasteiger partial charge in [0.25, 0.3) is 5.91 Å². The smallest absolute Gasteiger partial charge is 0.307 e. The Labute approximate surface area is 230 Å². The molecular weight excluding hydrogens is 528 g/mol. The number of esters is 1. The molecule has 1 aromatic heterocycles. The number of hydrogen-bond donors (Lipinski definition) is 2. The molecular formula is C27H27ClN4O3S2. The number of anilines is 1. The summed E-state index contributed by atoms with van der Waals surface area (Å²) in [7, 11) is 0. The van der Waals surface area contributed by atoms with Gasteiger partial charge in [-0.15, -0.1) is 35.5 Å². The molecule has 37 heavy (non-hydrogen) atoms. The number of halogens is 1. The van der Waals surface area contributed by atoms with Crippen LogP contribution in [0.25, 0.3) is 10.2 Å². The van der Waals surface area contributed by atoms with E-state index in [1.54, 1.807) is 41.0 Å². The molecule has 10 heteroatoms. The fourth-order valence-corrected chi connectivity index (χ4v) is 5.43. The van der Waals surface area contributed by atoms with Crippen molar-refractivity contribution in [2.45, 2.75) is 24.0 Å². The number of nitrogens with one attached hydrogen (secondary N) is 1. The number of fused-ring (bicyclic) bond motifs is 1. The van der Waals surface area contributed by atoms with Gasteiger partial charge in [0.2, 0.25) is 0 Å². The van der Waals surface area contributed by atoms with Crippen LogP contribution in [-0.4, -0.2) is 35.8 Å². The van der Waals surface area contributed by atoms with Gasteiger partial charge in [0, 0.05) is 28.3 Å². The zero-order chi connectivity index (χ0) is 25.5. The number of benzene rings is 3. The van der Waals surface area contributed by atoms with Crippen molar-refractivity contribution in [2.75, 3.05) is 18.1 Å². The number of para-hydroxylation sites is 1. The Morgan fingerprint density at radius 1 is 1.05 bits per heavy atom. The maximum atomic E-state index is 13.5. The van der Waals surface area contributed by atoms with Gasteiger partial charge in [0.15, 0.2) is 0 Å². The molecule has 0 saturated carbocycles. The molecule has 0 aliphatic heterocycles. The Morgan fingerprint density at radius 2 is 1.76 bits per heavy atom. The minimum atomic E-state index is -0.334. The second-order valence-electron chi connectivity index (χ2n) is 7.86. The Hall–Kier alpha value is -3.40. The Bertz CT molecular complexity index is 1380. The first-order valence-electron chi connectivity index (χ1n) is 11.4. The van der Waals surface area contributed by atoms with Crippen LogP contribution in [0, 0.1) is 5.41 Å². The van der Waals surface area contributed by atoms with E-state index in [0.29, 0.717) is 23.5 Å². The molecule has 0 spiro atoms. The summed E-state index contributed by atoms with van der Waals surface area (Å²) in [6.07, 6.45) is 0.113. The van der Waals surface area contributed by atoms with Crippen LogP contribution in [0.2, 0.25) is 0 Å². The van der Waals surface area contributed by atoms with Gasteiger partial charge in [-0.2, -0.15) is 0 Å². The number of amides is 1. The Kier molecular flexibility index (Phi) is 10.1. The molecule has 0 saturated heterocycles. The van der Waals surface area contributed by atoms with Crippen LogP contribution < -0.4 is 10.6 Å². The standard InChI is InChI=1S/C27H26N4O3S2.ClH/c1-2-34-25(32)14-15-31(20-6-4-3-5-7-20)27(33)19-10-13-23-22(16-19)30-24(36-23)17-35-21-11-8-18(9-12-21)26(28)29;/h3-13,16H,2,14-15,17H2,1H3,(H3,28,29);1H. The molecule has 7 nitrogen and oxygen atoms in total. The summed E-state index contributed by atoms with van der Waals surface area (Å²) in [5.74, 6) is 0.216. The van der Waals surface area contributed by atoms with Gasteiger partial charge in [-0.05, 0) is 49.4 Å². The first-order chi connectivity index (χ1) is 17.4. The monoisotopic (exact) mass is 554 g/mol. The average molecular weight is 555 g/mol. The van der Waals surface area contributed by atoms with Crippen molar-refractivity contribution in [3.63, 3.8) is 0 Å². The second-order valence-corrected chi connectivity index (χ2v) is 10.0. The van der Waals surface area contributed by atoms with Crippen molar-refractivity contribution in [1.29, 1.82) is 5.41 Å². The SMILES string of the molecule is CCOC(=O)CCN(C(=O)c1ccc2sc(CSc3ccc(C(=N)N)cc3)nc2c1)c1ccccc1.Cl. The van der Waals surface area contributed by atoms with E-state index in [2.05, 4.69) is 0 Å². The summed E-state index contributed by atoms with van der Waals surface area (Å²) in [6.45, 7) is 2.29. The van der Waals surface area contributed by atoms with Crippen molar-refractivity contribution in [3.05, 3.63) is 88.9 Å². The average Bonchev–Trinajstić information content (AvgIpc) is 3.31. The molecule has 0 aliphatic rings. The summed E-state index contributed by atoms with van der Waals surface area (Å²) >= 11 is 3.25. The minimum absolute atomic E-state index is 0. The maximum absolute atomic E-state index is 13.5. The molecule has 0 bridgehead atoms. The number of hydrogen-bond acceptors (Lipinski definition) is 7. The lowest BCUT2D eigenvalue weighted by atomic mass is 10.1. The van der Waals surface area contributed by atoms with Crippen molar-refractivity contribution in [2.24, 2.45) is 5.73 Å². The fraction of sp³-hybridized carbons (Fsp3) is 0.185. The van der Waals surface area contributed by atoms with Gasteiger partial charge in [-0.1, -0.05) is 30.3 Å². The van der Waals surface area contributed by atoms with Crippen molar-refractivity contribution in [1.82, 2.24) is 4.98 Å². The number of nitrogens with two attached hydrogens (primary N) is 1. The highest BCUT2D eigenvalue weighted by Gasteiger charge is 2.20. The first-order valence-corrected chi connectivity index (χ1v) is 13.2. The van der Waals surface area contributed by atoms with Crippen LogP contribution in [0.1, 0.15) is 34.3 Å². The lowest BCUT2D eigenvalue weighted by Gasteiger charge is -2.22. The molecule has 3 N–H and O–H groups in total. The fourth-order valence-electron chi connectivity index (χ4n) is 3.59. The molecule has 0 atom stereocenters. The second kappa shape index (κ2) is 13.2. The maximum Gasteiger partial charge on any atom is 0.307 e. The highest BCUT2D eigenvalue weighted by molar-refractivity contribution is 7.98. The van der Waals surface area contributed by atoms with Gasteiger partial charge < -0.3 is 15.4 Å². The topological polar surface area (TPSA) is 109 Å². The zero-order valence-corrected chi connectivity index (χ0v) is 22.6. The van der Waals surface area contributed by atoms with Crippen LogP contribution in [0.15, 0.2) is 77.7 Å². The Morgan fingerprint density at radius 3 is 2.43 bits per heavy atom. The van der Waals surface area contributed by atoms with Gasteiger partial charge in [-0.3, -0.25) is 15.0 Å². The molecule has 0 aliphatic carbocycles. The summed E-state index contributed by atoms with van der Waals surface area (Å²) < 4.78 is 6.05. The molecule has 3 aromatic carbocycles. The van der Waals surface area contributed by atoms with Gasteiger partial charge in [0.1, 0.15) is 10.8 Å². The summed E-state index contributed by atoms with van der Waals surface area (Å²) in [5.41, 5.74) is 8.22. The highest BCUT2D eigenvalue weighted by Crippen LogP contribution is 2.30. The third-order valence-corrected chi connectivity index (χ3v) is 7.61. The number of aromatic nitrogens is 1. The molecule has 0 radical (unpaired) electrons. The van der Waals surface area contributed by atoms with E-state index in [0.717, 1.165) is 25.8 Å². The lowest BCUT2D eigenvalue weighted by Crippen LogP contribution is -2.33. The molecule has 0 fully saturated rings. The predicted octanol–water partition coefficient (Wildman–Crippen LogP) is 5.89. The summed E-state index contributed by atoms with van der Waals surface area (Å²) in [6, 6.07) is 22.4. The lowest BCUT2D eigenvalue weighted by molar-refractivity contribution is -0.142. The number of ether oxygens (including phenoxy) is 1. The van der Waals surface area contributed by atoms with E-state index in [4.69, 9.17) is 20.9 Å². The number of nitrogens with zero attached hydrogens (tertiary/aromatic N) is 2. The number of nitrogen functional groups attached to an aromatic ring is 1. The Balaban J connectivity index is 0.00000380. The van der Waals surface area contributed by atoms with Crippen LogP contribution in [0.3, 0.4) is 0 Å². The van der Waals surface area contributed by atoms with Gasteiger partial charge in [-0.25, -0.2) is 4.98 Å². The molecule has 0 unspecified atom stereocenters. The molecule has 192 valence electrons. The number of thioether (sulfide) groups is 1. The molecule has 1 heterocycles. The van der Waals surface area contributed by atoms with Crippen molar-refractivity contribution in [3.8, 4) is 0 Å². The molecule has 1 amide bonds. The van der Waals surface area contributed by atoms with E-state index in [1.165, 1.54) is 0 Å². The normalized spacial score (nSPS) is 10.5. The third-order valence-electron chi connectivity index (χ3n) is 5.36. The summed E-state index contributed by atoms with van der Waals surface area (Å²) in [5, 5.41) is 8.46. The van der Waals surface area contributed by atoms with E-state index < -0.39 is 0 Å². The van der Waals surface area contributed by atoms with Gasteiger partial charge >= 0.3 is 5.97 Å². The zero-order valence-electron chi connectivity index (χ0n) is 20.2. The quantitative estimate of drug-likeness (QED) is 0.109. The van der Waals surface area contributed by atoms with Crippen LogP contribution >= 0.6 is 35.5 Å². The predicted molar refractivity (Wildman–Crippen MR) is 153 cm³/mol. The highest BCUT2D eigenvalue weighted by atomic mass is 35.5. The number of carbonyl (C=O) groups excluding carboxylic acids is 2. The van der Waals surface area contributed by atoms with E-state index in [9.17, 15) is 9.59 Å². The van der Waals surface area contributed by atoms with E-state index in [-0.39, 0.29) is 43.1 Å². The van der Waals surface area contributed by atoms with Crippen LogP contribution in [-0.2, 0) is 15.3 Å². The third kappa shape index (κ3) is 7.31. The number of amidine groups is 1. The van der Waals surface area contributed by atoms with E-state index >= 15 is 0 Å². The largest absolute Gasteiger partial charge is 0.466 e. The number of thiazole rings is 1. The number of rotatable bonds is 10. The summed E-state index contributed by atoms with van der Waals surface area (Å²) in [4.78, 5) is 32.8. The molecule has 4 aromatic rings. The van der Waals surface area contributed by atoms with Crippen LogP contribution in [0.4, 0.5) is 5.69 Å². The van der Waals surface area contributed by atoms with Crippen molar-refractivity contribution >= 4 is 69.1 Å². The molecule has 4 rings (SSSR count). The first kappa shape index (κ1) is 28.2. The van der Waals surface area contributed by atoms with Crippen molar-refractivity contribution < 1.29 is 14.3 Å². The minimum Gasteiger partial charge on any atom is -0.466 e. The number of carbonyl (C=O) groups is 2. The van der Waals surface area contributed by atoms with E-state index in [1.807, 2.05) is 66.7 Å². The van der Waals surface area contributed by atoms with Crippen LogP contribution in [0.5, 0.6) is 0 Å².